The lowest BCUT2D eigenvalue weighted by atomic mass is 10.0. The fourth-order valence-corrected chi connectivity index (χ4v) is 3.28. The van der Waals surface area contributed by atoms with Crippen molar-refractivity contribution in [1.29, 1.82) is 0 Å². The summed E-state index contributed by atoms with van der Waals surface area (Å²) in [6.07, 6.45) is 0. The van der Waals surface area contributed by atoms with Crippen molar-refractivity contribution in [3.63, 3.8) is 0 Å². The van der Waals surface area contributed by atoms with Crippen LogP contribution in [0.15, 0.2) is 72.8 Å². The van der Waals surface area contributed by atoms with Gasteiger partial charge in [-0.3, -0.25) is 19.3 Å². The van der Waals surface area contributed by atoms with Crippen molar-refractivity contribution in [2.45, 2.75) is 0 Å². The molecule has 0 saturated carbocycles. The third-order valence-corrected chi connectivity index (χ3v) is 4.91. The van der Waals surface area contributed by atoms with E-state index >= 15 is 0 Å². The highest BCUT2D eigenvalue weighted by atomic mass is 35.5. The molecule has 0 saturated heterocycles. The molecule has 0 spiro atoms. The van der Waals surface area contributed by atoms with Gasteiger partial charge in [-0.1, -0.05) is 23.7 Å². The number of hydrogen-bond acceptors (Lipinski definition) is 4. The molecule has 0 unspecified atom stereocenters. The van der Waals surface area contributed by atoms with Crippen molar-refractivity contribution in [1.82, 2.24) is 0 Å². The number of nitrogens with one attached hydrogen (secondary N) is 1. The Hall–Kier alpha value is -3.64. The topological polar surface area (TPSA) is 75.7 Å². The Labute approximate surface area is 178 Å². The molecule has 4 rings (SSSR count). The Morgan fingerprint density at radius 2 is 1.57 bits per heavy atom. The van der Waals surface area contributed by atoms with Crippen LogP contribution in [0.3, 0.4) is 0 Å². The maximum Gasteiger partial charge on any atom is 0.265 e. The smallest absolute Gasteiger partial charge is 0.265 e. The molecule has 2 amide bonds. The van der Waals surface area contributed by atoms with Gasteiger partial charge in [0.05, 0.1) is 11.4 Å². The lowest BCUT2D eigenvalue weighted by molar-refractivity contribution is -0.123. The van der Waals surface area contributed by atoms with Crippen molar-refractivity contribution in [3.05, 3.63) is 88.9 Å². The fourth-order valence-electron chi connectivity index (χ4n) is 3.15. The fraction of sp³-hybridized carbons (Fsp3) is 0.0870. The van der Waals surface area contributed by atoms with Crippen molar-refractivity contribution in [2.24, 2.45) is 0 Å². The molecule has 0 bridgehead atoms. The monoisotopic (exact) mass is 420 g/mol. The number of fused-ring (bicyclic) bond motifs is 1. The first kappa shape index (κ1) is 19.7. The zero-order valence-electron chi connectivity index (χ0n) is 15.8. The first-order valence-electron chi connectivity index (χ1n) is 9.23. The minimum Gasteiger partial charge on any atom is -0.484 e. The standard InChI is InChI=1S/C23H17ClN2O4/c24-17-9-5-15(6-10-17)23(29)16-7-11-18(12-8-16)30-14-22(28)26-13-21(27)25-19-3-1-2-4-20(19)26/h1-12H,13-14H2,(H,25,27). The van der Waals surface area contributed by atoms with Gasteiger partial charge in [-0.15, -0.1) is 0 Å². The van der Waals surface area contributed by atoms with E-state index in [4.69, 9.17) is 16.3 Å². The number of rotatable bonds is 5. The molecule has 3 aromatic rings. The van der Waals surface area contributed by atoms with E-state index in [-0.39, 0.29) is 30.7 Å². The SMILES string of the molecule is O=C1CN(C(=O)COc2ccc(C(=O)c3ccc(Cl)cc3)cc2)c2ccccc2N1. The Morgan fingerprint density at radius 3 is 2.27 bits per heavy atom. The largest absolute Gasteiger partial charge is 0.484 e. The maximum absolute atomic E-state index is 12.6. The summed E-state index contributed by atoms with van der Waals surface area (Å²) in [7, 11) is 0. The van der Waals surface area contributed by atoms with E-state index in [0.717, 1.165) is 0 Å². The second-order valence-corrected chi connectivity index (χ2v) is 7.13. The molecule has 0 aliphatic carbocycles. The van der Waals surface area contributed by atoms with Gasteiger partial charge in [0.2, 0.25) is 5.91 Å². The molecule has 1 aliphatic heterocycles. The number of nitrogens with zero attached hydrogens (tertiary/aromatic N) is 1. The van der Waals surface area contributed by atoms with E-state index in [2.05, 4.69) is 5.32 Å². The quantitative estimate of drug-likeness (QED) is 0.634. The molecule has 0 fully saturated rings. The number of ether oxygens (including phenoxy) is 1. The second-order valence-electron chi connectivity index (χ2n) is 6.69. The van der Waals surface area contributed by atoms with E-state index in [1.54, 1.807) is 72.8 Å². The summed E-state index contributed by atoms with van der Waals surface area (Å²) in [6, 6.07) is 20.3. The van der Waals surface area contributed by atoms with E-state index in [0.29, 0.717) is 33.3 Å². The summed E-state index contributed by atoms with van der Waals surface area (Å²) >= 11 is 5.85. The van der Waals surface area contributed by atoms with Crippen LogP contribution in [0.4, 0.5) is 11.4 Å². The Morgan fingerprint density at radius 1 is 0.933 bits per heavy atom. The molecule has 1 aliphatic rings. The van der Waals surface area contributed by atoms with Crippen LogP contribution < -0.4 is 15.0 Å². The number of anilines is 2. The minimum atomic E-state index is -0.335. The van der Waals surface area contributed by atoms with Gasteiger partial charge in [0.25, 0.3) is 5.91 Å². The minimum absolute atomic E-state index is 0.0618. The summed E-state index contributed by atoms with van der Waals surface area (Å²) in [4.78, 5) is 38.4. The molecule has 0 aromatic heterocycles. The van der Waals surface area contributed by atoms with Crippen molar-refractivity contribution in [3.8, 4) is 5.75 Å². The van der Waals surface area contributed by atoms with Crippen LogP contribution in [0.25, 0.3) is 0 Å². The molecule has 7 heteroatoms. The number of benzene rings is 3. The number of ketones is 1. The molecule has 1 N–H and O–H groups in total. The van der Waals surface area contributed by atoms with Crippen LogP contribution in [0.2, 0.25) is 5.02 Å². The molecule has 6 nitrogen and oxygen atoms in total. The van der Waals surface area contributed by atoms with Gasteiger partial charge in [-0.25, -0.2) is 0 Å². The molecular formula is C23H17ClN2O4. The summed E-state index contributed by atoms with van der Waals surface area (Å²) in [5, 5.41) is 3.30. The van der Waals surface area contributed by atoms with Crippen molar-refractivity contribution >= 4 is 40.6 Å². The number of halogens is 1. The van der Waals surface area contributed by atoms with Gasteiger partial charge in [-0.05, 0) is 60.7 Å². The number of para-hydroxylation sites is 2. The highest BCUT2D eigenvalue weighted by Gasteiger charge is 2.26. The summed E-state index contributed by atoms with van der Waals surface area (Å²) < 4.78 is 5.58. The van der Waals surface area contributed by atoms with Crippen molar-refractivity contribution in [2.75, 3.05) is 23.4 Å². The maximum atomic E-state index is 12.6. The average molecular weight is 421 g/mol. The van der Waals surface area contributed by atoms with Crippen LogP contribution in [0.5, 0.6) is 5.75 Å². The van der Waals surface area contributed by atoms with E-state index in [1.807, 2.05) is 0 Å². The van der Waals surface area contributed by atoms with Gasteiger partial charge in [0.1, 0.15) is 12.3 Å². The Bertz CT molecular complexity index is 1110. The first-order valence-corrected chi connectivity index (χ1v) is 9.61. The highest BCUT2D eigenvalue weighted by Crippen LogP contribution is 2.29. The third-order valence-electron chi connectivity index (χ3n) is 4.66. The second kappa shape index (κ2) is 8.39. The lowest BCUT2D eigenvalue weighted by Gasteiger charge is -2.29. The van der Waals surface area contributed by atoms with Crippen molar-refractivity contribution < 1.29 is 19.1 Å². The molecule has 1 heterocycles. The lowest BCUT2D eigenvalue weighted by Crippen LogP contribution is -2.44. The van der Waals surface area contributed by atoms with Crippen LogP contribution >= 0.6 is 11.6 Å². The van der Waals surface area contributed by atoms with Gasteiger partial charge >= 0.3 is 0 Å². The Balaban J connectivity index is 1.41. The highest BCUT2D eigenvalue weighted by molar-refractivity contribution is 6.30. The summed E-state index contributed by atoms with van der Waals surface area (Å²) in [6.45, 7) is -0.292. The van der Waals surface area contributed by atoms with E-state index in [1.165, 1.54) is 4.90 Å². The summed E-state index contributed by atoms with van der Waals surface area (Å²) in [5.41, 5.74) is 2.25. The molecule has 30 heavy (non-hydrogen) atoms. The molecule has 150 valence electrons. The number of hydrogen-bond donors (Lipinski definition) is 1. The molecule has 0 atom stereocenters. The Kier molecular flexibility index (Phi) is 5.50. The normalized spacial score (nSPS) is 12.7. The van der Waals surface area contributed by atoms with Gasteiger partial charge in [-0.2, -0.15) is 0 Å². The van der Waals surface area contributed by atoms with Crippen LogP contribution in [0, 0.1) is 0 Å². The van der Waals surface area contributed by atoms with Gasteiger partial charge < -0.3 is 10.1 Å². The summed E-state index contributed by atoms with van der Waals surface area (Å²) in [5.74, 6) is -0.276. The number of carbonyl (C=O) groups is 3. The van der Waals surface area contributed by atoms with Gasteiger partial charge in [0.15, 0.2) is 12.4 Å². The van der Waals surface area contributed by atoms with E-state index in [9.17, 15) is 14.4 Å². The zero-order chi connectivity index (χ0) is 21.1. The third kappa shape index (κ3) is 4.18. The predicted octanol–water partition coefficient (Wildman–Crippen LogP) is 3.94. The number of amides is 2. The average Bonchev–Trinajstić information content (AvgIpc) is 2.77. The molecule has 0 radical (unpaired) electrons. The van der Waals surface area contributed by atoms with Gasteiger partial charge in [0, 0.05) is 16.1 Å². The molecular weight excluding hydrogens is 404 g/mol. The van der Waals surface area contributed by atoms with Crippen LogP contribution in [-0.2, 0) is 9.59 Å². The predicted molar refractivity (Wildman–Crippen MR) is 114 cm³/mol. The van der Waals surface area contributed by atoms with Crippen LogP contribution in [0.1, 0.15) is 15.9 Å². The number of carbonyl (C=O) groups excluding carboxylic acids is 3. The molecule has 3 aromatic carbocycles. The first-order chi connectivity index (χ1) is 14.5. The van der Waals surface area contributed by atoms with Crippen LogP contribution in [-0.4, -0.2) is 30.7 Å². The van der Waals surface area contributed by atoms with E-state index < -0.39 is 0 Å². The zero-order valence-corrected chi connectivity index (χ0v) is 16.6.